The van der Waals surface area contributed by atoms with Crippen molar-refractivity contribution in [3.63, 3.8) is 0 Å². The fourth-order valence-corrected chi connectivity index (χ4v) is 0.898. The lowest BCUT2D eigenvalue weighted by Gasteiger charge is -2.19. The lowest BCUT2D eigenvalue weighted by atomic mass is 10.2. The first kappa shape index (κ1) is 17.7. The first-order valence-corrected chi connectivity index (χ1v) is 6.19. The zero-order valence-electron chi connectivity index (χ0n) is 10.3. The van der Waals surface area contributed by atoms with Crippen LogP contribution in [-0.4, -0.2) is 30.1 Å². The zero-order chi connectivity index (χ0) is 11.2. The predicted octanol–water partition coefficient (Wildman–Crippen LogP) is 2.31. The zero-order valence-corrected chi connectivity index (χ0v) is 13.5. The van der Waals surface area contributed by atoms with Gasteiger partial charge < -0.3 is 11.1 Å². The predicted molar refractivity (Wildman–Crippen MR) is 82.3 cm³/mol. The van der Waals surface area contributed by atoms with Gasteiger partial charge in [0.05, 0.1) is 6.54 Å². The molecule has 0 fully saturated rings. The maximum atomic E-state index is 5.71. The van der Waals surface area contributed by atoms with Crippen LogP contribution in [0.5, 0.6) is 0 Å². The Morgan fingerprint density at radius 2 is 2.00 bits per heavy atom. The number of nitrogens with two attached hydrogens (primary N) is 1. The van der Waals surface area contributed by atoms with Crippen molar-refractivity contribution in [2.45, 2.75) is 32.4 Å². The second kappa shape index (κ2) is 8.50. The second-order valence-corrected chi connectivity index (χ2v) is 5.95. The van der Waals surface area contributed by atoms with Gasteiger partial charge in [0.2, 0.25) is 0 Å². The molecule has 0 aromatic heterocycles. The van der Waals surface area contributed by atoms with E-state index < -0.39 is 0 Å². The van der Waals surface area contributed by atoms with Gasteiger partial charge in [-0.3, -0.25) is 4.99 Å². The Hall–Kier alpha value is 0.350. The summed E-state index contributed by atoms with van der Waals surface area (Å²) in [5.41, 5.74) is 5.71. The summed E-state index contributed by atoms with van der Waals surface area (Å²) in [5, 5.41) is 3.10. The van der Waals surface area contributed by atoms with E-state index in [1.807, 2.05) is 0 Å². The number of hydrogen-bond donors (Lipinski definition) is 2. The molecule has 0 aliphatic heterocycles. The molecule has 0 bridgehead atoms. The standard InChI is InChI=1S/C10H23N3S.HI/c1-8(2)6-12-9(11)13-7-10(3,4)14-5;/h8H,6-7H2,1-5H3,(H3,11,12,13);1H. The van der Waals surface area contributed by atoms with Gasteiger partial charge in [-0.15, -0.1) is 24.0 Å². The molecule has 0 saturated carbocycles. The van der Waals surface area contributed by atoms with Gasteiger partial charge in [-0.2, -0.15) is 11.8 Å². The van der Waals surface area contributed by atoms with Gasteiger partial charge in [-0.1, -0.05) is 13.8 Å². The van der Waals surface area contributed by atoms with Gasteiger partial charge >= 0.3 is 0 Å². The van der Waals surface area contributed by atoms with Crippen LogP contribution in [0.3, 0.4) is 0 Å². The first-order chi connectivity index (χ1) is 6.37. The van der Waals surface area contributed by atoms with Gasteiger partial charge in [0.1, 0.15) is 0 Å². The van der Waals surface area contributed by atoms with E-state index in [-0.39, 0.29) is 28.7 Å². The average molecular weight is 345 g/mol. The molecular weight excluding hydrogens is 321 g/mol. The molecule has 0 amide bonds. The molecule has 0 radical (unpaired) electrons. The Morgan fingerprint density at radius 3 is 2.40 bits per heavy atom. The third-order valence-electron chi connectivity index (χ3n) is 1.87. The topological polar surface area (TPSA) is 50.4 Å². The van der Waals surface area contributed by atoms with Crippen molar-refractivity contribution in [3.05, 3.63) is 0 Å². The lowest BCUT2D eigenvalue weighted by Crippen LogP contribution is -2.35. The summed E-state index contributed by atoms with van der Waals surface area (Å²) in [4.78, 5) is 4.30. The Kier molecular flexibility index (Phi) is 10.0. The Labute approximate surface area is 115 Å². The average Bonchev–Trinajstić information content (AvgIpc) is 2.11. The smallest absolute Gasteiger partial charge is 0.188 e. The number of guanidine groups is 1. The van der Waals surface area contributed by atoms with Gasteiger partial charge in [0, 0.05) is 11.3 Å². The number of hydrogen-bond acceptors (Lipinski definition) is 2. The minimum Gasteiger partial charge on any atom is -0.370 e. The summed E-state index contributed by atoms with van der Waals surface area (Å²) in [6, 6.07) is 0. The van der Waals surface area contributed by atoms with Gasteiger partial charge in [0.25, 0.3) is 0 Å². The minimum absolute atomic E-state index is 0. The molecule has 0 atom stereocenters. The van der Waals surface area contributed by atoms with Crippen molar-refractivity contribution in [2.24, 2.45) is 16.6 Å². The van der Waals surface area contributed by atoms with Crippen LogP contribution >= 0.6 is 35.7 Å². The highest BCUT2D eigenvalue weighted by Gasteiger charge is 2.14. The second-order valence-electron chi connectivity index (χ2n) is 4.44. The summed E-state index contributed by atoms with van der Waals surface area (Å²) in [7, 11) is 0. The quantitative estimate of drug-likeness (QED) is 0.457. The van der Waals surface area contributed by atoms with E-state index >= 15 is 0 Å². The Morgan fingerprint density at radius 1 is 1.47 bits per heavy atom. The molecule has 15 heavy (non-hydrogen) atoms. The third-order valence-corrected chi connectivity index (χ3v) is 3.11. The van der Waals surface area contributed by atoms with Crippen molar-refractivity contribution >= 4 is 41.7 Å². The highest BCUT2D eigenvalue weighted by molar-refractivity contribution is 14.0. The van der Waals surface area contributed by atoms with E-state index in [1.165, 1.54) is 0 Å². The summed E-state index contributed by atoms with van der Waals surface area (Å²) in [6.45, 7) is 10.3. The number of nitrogens with zero attached hydrogens (tertiary/aromatic N) is 1. The molecule has 0 unspecified atom stereocenters. The molecule has 0 saturated heterocycles. The van der Waals surface area contributed by atoms with Crippen LogP contribution in [0.1, 0.15) is 27.7 Å². The number of nitrogens with one attached hydrogen (secondary N) is 1. The third kappa shape index (κ3) is 10.6. The van der Waals surface area contributed by atoms with E-state index in [4.69, 9.17) is 5.73 Å². The van der Waals surface area contributed by atoms with Crippen LogP contribution in [0.15, 0.2) is 4.99 Å². The van der Waals surface area contributed by atoms with Gasteiger partial charge in [-0.25, -0.2) is 0 Å². The SMILES string of the molecule is CSC(C)(C)CN=C(N)NCC(C)C.I. The number of thioether (sulfide) groups is 1. The van der Waals surface area contributed by atoms with Crippen LogP contribution in [-0.2, 0) is 0 Å². The molecule has 0 aromatic carbocycles. The van der Waals surface area contributed by atoms with Crippen molar-refractivity contribution < 1.29 is 0 Å². The summed E-state index contributed by atoms with van der Waals surface area (Å²) < 4.78 is 0.171. The van der Waals surface area contributed by atoms with Gasteiger partial charge in [0.15, 0.2) is 5.96 Å². The van der Waals surface area contributed by atoms with E-state index in [0.29, 0.717) is 11.9 Å². The highest BCUT2D eigenvalue weighted by atomic mass is 127. The molecule has 0 aromatic rings. The largest absolute Gasteiger partial charge is 0.370 e. The van der Waals surface area contributed by atoms with E-state index in [2.05, 4.69) is 44.3 Å². The van der Waals surface area contributed by atoms with Crippen LogP contribution in [0, 0.1) is 5.92 Å². The summed E-state index contributed by atoms with van der Waals surface area (Å²) in [6.07, 6.45) is 2.09. The molecule has 3 nitrogen and oxygen atoms in total. The monoisotopic (exact) mass is 345 g/mol. The van der Waals surface area contributed by atoms with Crippen molar-refractivity contribution in [2.75, 3.05) is 19.3 Å². The Balaban J connectivity index is 0. The molecule has 5 heteroatoms. The normalized spacial score (nSPS) is 12.5. The lowest BCUT2D eigenvalue weighted by molar-refractivity contribution is 0.619. The van der Waals surface area contributed by atoms with Crippen molar-refractivity contribution in [3.8, 4) is 0 Å². The van der Waals surface area contributed by atoms with E-state index in [1.54, 1.807) is 11.8 Å². The number of aliphatic imine (C=N–C) groups is 1. The van der Waals surface area contributed by atoms with Gasteiger partial charge in [-0.05, 0) is 26.0 Å². The highest BCUT2D eigenvalue weighted by Crippen LogP contribution is 2.20. The molecule has 0 rings (SSSR count). The number of halogens is 1. The molecule has 0 heterocycles. The van der Waals surface area contributed by atoms with Crippen LogP contribution in [0.4, 0.5) is 0 Å². The molecule has 0 aliphatic carbocycles. The molecule has 0 spiro atoms. The van der Waals surface area contributed by atoms with Crippen molar-refractivity contribution in [1.82, 2.24) is 5.32 Å². The molecule has 92 valence electrons. The van der Waals surface area contributed by atoms with Crippen LogP contribution in [0.25, 0.3) is 0 Å². The van der Waals surface area contributed by atoms with E-state index in [0.717, 1.165) is 13.1 Å². The molecular formula is C10H24IN3S. The summed E-state index contributed by atoms with van der Waals surface area (Å²) >= 11 is 1.80. The minimum atomic E-state index is 0. The van der Waals surface area contributed by atoms with Crippen LogP contribution < -0.4 is 11.1 Å². The fourth-order valence-electron chi connectivity index (χ4n) is 0.705. The molecule has 0 aliphatic rings. The first-order valence-electron chi connectivity index (χ1n) is 4.96. The summed E-state index contributed by atoms with van der Waals surface area (Å²) in [5.74, 6) is 1.15. The Bertz CT molecular complexity index is 193. The van der Waals surface area contributed by atoms with Crippen molar-refractivity contribution in [1.29, 1.82) is 0 Å². The van der Waals surface area contributed by atoms with Crippen LogP contribution in [0.2, 0.25) is 0 Å². The maximum Gasteiger partial charge on any atom is 0.188 e. The molecule has 3 N–H and O–H groups in total. The van der Waals surface area contributed by atoms with E-state index in [9.17, 15) is 0 Å². The maximum absolute atomic E-state index is 5.71. The fraction of sp³-hybridized carbons (Fsp3) is 0.900. The number of rotatable bonds is 5.